The largest absolute Gasteiger partial charge is 0.338 e. The van der Waals surface area contributed by atoms with E-state index in [2.05, 4.69) is 11.4 Å². The third kappa shape index (κ3) is 3.48. The van der Waals surface area contributed by atoms with E-state index in [1.807, 2.05) is 0 Å². The molecule has 2 aliphatic rings. The van der Waals surface area contributed by atoms with Gasteiger partial charge in [-0.15, -0.1) is 0 Å². The second kappa shape index (κ2) is 6.22. The lowest BCUT2D eigenvalue weighted by Gasteiger charge is -2.24. The summed E-state index contributed by atoms with van der Waals surface area (Å²) in [6, 6.07) is 2.31. The lowest BCUT2D eigenvalue weighted by atomic mass is 9.86. The van der Waals surface area contributed by atoms with Crippen molar-refractivity contribution in [2.45, 2.75) is 76.2 Å². The van der Waals surface area contributed by atoms with Gasteiger partial charge in [-0.1, -0.05) is 32.1 Å². The van der Waals surface area contributed by atoms with Gasteiger partial charge in [-0.25, -0.2) is 0 Å². The Morgan fingerprint density at radius 3 is 2.44 bits per heavy atom. The Balaban J connectivity index is 1.73. The highest BCUT2D eigenvalue weighted by Gasteiger charge is 2.35. The monoisotopic (exact) mass is 248 g/mol. The first kappa shape index (κ1) is 13.4. The fourth-order valence-electron chi connectivity index (χ4n) is 3.38. The van der Waals surface area contributed by atoms with Crippen LogP contribution in [0.3, 0.4) is 0 Å². The summed E-state index contributed by atoms with van der Waals surface area (Å²) < 4.78 is 0. The molecule has 1 amide bonds. The molecule has 0 aromatic carbocycles. The van der Waals surface area contributed by atoms with Gasteiger partial charge >= 0.3 is 0 Å². The molecule has 2 fully saturated rings. The molecular formula is C15H24N2O. The predicted octanol–water partition coefficient (Wildman–Crippen LogP) is 3.30. The summed E-state index contributed by atoms with van der Waals surface area (Å²) in [5.41, 5.74) is -0.538. The lowest BCUT2D eigenvalue weighted by molar-refractivity contribution is -0.122. The van der Waals surface area contributed by atoms with E-state index in [4.69, 9.17) is 0 Å². The first-order chi connectivity index (χ1) is 8.74. The van der Waals surface area contributed by atoms with E-state index in [0.29, 0.717) is 6.42 Å². The van der Waals surface area contributed by atoms with E-state index < -0.39 is 5.54 Å². The maximum Gasteiger partial charge on any atom is 0.221 e. The van der Waals surface area contributed by atoms with E-state index in [9.17, 15) is 10.1 Å². The number of carbonyl (C=O) groups excluding carboxylic acids is 1. The summed E-state index contributed by atoms with van der Waals surface area (Å²) in [6.45, 7) is 0. The van der Waals surface area contributed by atoms with Gasteiger partial charge in [0.25, 0.3) is 0 Å². The molecule has 0 spiro atoms. The summed E-state index contributed by atoms with van der Waals surface area (Å²) in [5.74, 6) is 0.829. The van der Waals surface area contributed by atoms with Crippen molar-refractivity contribution in [2.24, 2.45) is 5.92 Å². The van der Waals surface area contributed by atoms with Gasteiger partial charge in [0.15, 0.2) is 0 Å². The van der Waals surface area contributed by atoms with Crippen molar-refractivity contribution in [3.05, 3.63) is 0 Å². The number of hydrogen-bond donors (Lipinski definition) is 1. The molecule has 2 aliphatic carbocycles. The number of nitrogens with zero attached hydrogens (tertiary/aromatic N) is 1. The Hall–Kier alpha value is -1.04. The molecule has 0 aliphatic heterocycles. The highest BCUT2D eigenvalue weighted by Crippen LogP contribution is 2.30. The van der Waals surface area contributed by atoms with Crippen molar-refractivity contribution in [3.63, 3.8) is 0 Å². The van der Waals surface area contributed by atoms with Crippen LogP contribution in [0.4, 0.5) is 0 Å². The molecule has 0 unspecified atom stereocenters. The minimum Gasteiger partial charge on any atom is -0.338 e. The Labute approximate surface area is 110 Å². The van der Waals surface area contributed by atoms with Crippen LogP contribution >= 0.6 is 0 Å². The van der Waals surface area contributed by atoms with Crippen LogP contribution in [0.2, 0.25) is 0 Å². The number of nitriles is 1. The maximum atomic E-state index is 11.9. The molecule has 0 heterocycles. The molecule has 1 N–H and O–H groups in total. The highest BCUT2D eigenvalue weighted by molar-refractivity contribution is 5.77. The first-order valence-corrected chi connectivity index (χ1v) is 7.46. The Morgan fingerprint density at radius 2 is 1.83 bits per heavy atom. The fraction of sp³-hybridized carbons (Fsp3) is 0.867. The topological polar surface area (TPSA) is 52.9 Å². The van der Waals surface area contributed by atoms with E-state index in [0.717, 1.165) is 38.0 Å². The molecule has 0 saturated heterocycles. The average Bonchev–Trinajstić information content (AvgIpc) is 2.87. The van der Waals surface area contributed by atoms with Crippen molar-refractivity contribution in [1.29, 1.82) is 5.26 Å². The van der Waals surface area contributed by atoms with Crippen molar-refractivity contribution >= 4 is 5.91 Å². The third-order valence-electron chi connectivity index (χ3n) is 4.55. The first-order valence-electron chi connectivity index (χ1n) is 7.46. The van der Waals surface area contributed by atoms with Gasteiger partial charge in [-0.2, -0.15) is 5.26 Å². The van der Waals surface area contributed by atoms with Gasteiger partial charge in [0, 0.05) is 6.42 Å². The van der Waals surface area contributed by atoms with Crippen LogP contribution in [0.5, 0.6) is 0 Å². The zero-order valence-corrected chi connectivity index (χ0v) is 11.2. The van der Waals surface area contributed by atoms with Gasteiger partial charge in [0.2, 0.25) is 5.91 Å². The average molecular weight is 248 g/mol. The highest BCUT2D eigenvalue weighted by atomic mass is 16.1. The molecule has 2 saturated carbocycles. The number of hydrogen-bond acceptors (Lipinski definition) is 2. The van der Waals surface area contributed by atoms with Gasteiger partial charge < -0.3 is 5.32 Å². The fourth-order valence-corrected chi connectivity index (χ4v) is 3.38. The quantitative estimate of drug-likeness (QED) is 0.830. The minimum atomic E-state index is -0.538. The number of rotatable bonds is 4. The molecule has 0 aromatic heterocycles. The molecule has 18 heavy (non-hydrogen) atoms. The van der Waals surface area contributed by atoms with E-state index in [1.165, 1.54) is 32.1 Å². The SMILES string of the molecule is N#CC1(NC(=O)CCC2CCCCC2)CCCC1. The maximum absolute atomic E-state index is 11.9. The van der Waals surface area contributed by atoms with Gasteiger partial charge in [0.1, 0.15) is 5.54 Å². The van der Waals surface area contributed by atoms with Gasteiger partial charge in [-0.3, -0.25) is 4.79 Å². The van der Waals surface area contributed by atoms with Crippen LogP contribution < -0.4 is 5.32 Å². The molecule has 0 aromatic rings. The molecule has 0 radical (unpaired) electrons. The van der Waals surface area contributed by atoms with Crippen molar-refractivity contribution in [1.82, 2.24) is 5.32 Å². The molecule has 2 rings (SSSR count). The second-order valence-electron chi connectivity index (χ2n) is 5.99. The minimum absolute atomic E-state index is 0.0871. The summed E-state index contributed by atoms with van der Waals surface area (Å²) in [4.78, 5) is 11.9. The molecule has 3 nitrogen and oxygen atoms in total. The summed E-state index contributed by atoms with van der Waals surface area (Å²) >= 11 is 0. The van der Waals surface area contributed by atoms with Gasteiger partial charge in [0.05, 0.1) is 6.07 Å². The Morgan fingerprint density at radius 1 is 1.17 bits per heavy atom. The van der Waals surface area contributed by atoms with Crippen LogP contribution in [-0.2, 0) is 4.79 Å². The normalized spacial score (nSPS) is 23.5. The summed E-state index contributed by atoms with van der Waals surface area (Å²) in [6.07, 6.45) is 12.0. The molecule has 0 atom stereocenters. The van der Waals surface area contributed by atoms with Crippen molar-refractivity contribution in [3.8, 4) is 6.07 Å². The Bertz CT molecular complexity index is 320. The Kier molecular flexibility index (Phi) is 4.63. The number of amides is 1. The predicted molar refractivity (Wildman–Crippen MR) is 70.8 cm³/mol. The zero-order chi connectivity index (χ0) is 12.8. The molecular weight excluding hydrogens is 224 g/mol. The number of carbonyl (C=O) groups is 1. The van der Waals surface area contributed by atoms with Gasteiger partial charge in [-0.05, 0) is 38.0 Å². The van der Waals surface area contributed by atoms with Crippen LogP contribution in [-0.4, -0.2) is 11.4 Å². The standard InChI is InChI=1S/C15H24N2O/c16-12-15(10-4-5-11-15)17-14(18)9-8-13-6-2-1-3-7-13/h13H,1-11H2,(H,17,18). The van der Waals surface area contributed by atoms with Crippen molar-refractivity contribution < 1.29 is 4.79 Å². The molecule has 3 heteroatoms. The lowest BCUT2D eigenvalue weighted by Crippen LogP contribution is -2.45. The summed E-state index contributed by atoms with van der Waals surface area (Å²) in [7, 11) is 0. The van der Waals surface area contributed by atoms with Crippen molar-refractivity contribution in [2.75, 3.05) is 0 Å². The van der Waals surface area contributed by atoms with Crippen LogP contribution in [0.1, 0.15) is 70.6 Å². The van der Waals surface area contributed by atoms with E-state index in [-0.39, 0.29) is 5.91 Å². The number of nitrogens with one attached hydrogen (secondary N) is 1. The smallest absolute Gasteiger partial charge is 0.221 e. The van der Waals surface area contributed by atoms with E-state index >= 15 is 0 Å². The molecule has 0 bridgehead atoms. The van der Waals surface area contributed by atoms with Crippen LogP contribution in [0, 0.1) is 17.2 Å². The zero-order valence-electron chi connectivity index (χ0n) is 11.2. The van der Waals surface area contributed by atoms with Crippen LogP contribution in [0.25, 0.3) is 0 Å². The third-order valence-corrected chi connectivity index (χ3v) is 4.55. The summed E-state index contributed by atoms with van der Waals surface area (Å²) in [5, 5.41) is 12.2. The molecule has 100 valence electrons. The second-order valence-corrected chi connectivity index (χ2v) is 5.99. The van der Waals surface area contributed by atoms with E-state index in [1.54, 1.807) is 0 Å². The van der Waals surface area contributed by atoms with Crippen LogP contribution in [0.15, 0.2) is 0 Å².